The molecule has 0 unspecified atom stereocenters. The first-order chi connectivity index (χ1) is 21.0. The van der Waals surface area contributed by atoms with Crippen molar-refractivity contribution in [3.05, 3.63) is 78.4 Å². The molecule has 0 N–H and O–H groups in total. The van der Waals surface area contributed by atoms with Gasteiger partial charge in [0.05, 0.1) is 24.9 Å². The van der Waals surface area contributed by atoms with Gasteiger partial charge in [-0.2, -0.15) is 0 Å². The standard InChI is InChI=1S/C38H50O5/c1-4-6-8-11-14-30(3)43-38(40)35-22-20-33(21-23-35)31-16-18-32(19-17-31)34-24-26-36(27-25-34)41-28-12-9-10-13-29-42-37(39)15-7-5-2/h16-27,30H,4-15,28-29H2,1-3H3/t30-/m0/s1. The van der Waals surface area contributed by atoms with Crippen molar-refractivity contribution in [2.75, 3.05) is 13.2 Å². The Bertz CT molecular complexity index is 1200. The Morgan fingerprint density at radius 3 is 1.70 bits per heavy atom. The molecule has 0 radical (unpaired) electrons. The molecule has 0 fully saturated rings. The van der Waals surface area contributed by atoms with Crippen LogP contribution in [0.3, 0.4) is 0 Å². The van der Waals surface area contributed by atoms with E-state index in [2.05, 4.69) is 50.2 Å². The minimum Gasteiger partial charge on any atom is -0.494 e. The van der Waals surface area contributed by atoms with E-state index >= 15 is 0 Å². The minimum atomic E-state index is -0.255. The van der Waals surface area contributed by atoms with Crippen LogP contribution in [0.5, 0.6) is 5.75 Å². The van der Waals surface area contributed by atoms with E-state index in [-0.39, 0.29) is 18.0 Å². The van der Waals surface area contributed by atoms with Crippen LogP contribution < -0.4 is 4.74 Å². The third kappa shape index (κ3) is 12.7. The topological polar surface area (TPSA) is 61.8 Å². The van der Waals surface area contributed by atoms with E-state index in [9.17, 15) is 9.59 Å². The number of carbonyl (C=O) groups excluding carboxylic acids is 2. The summed E-state index contributed by atoms with van der Waals surface area (Å²) in [6, 6.07) is 24.3. The first-order valence-corrected chi connectivity index (χ1v) is 16.3. The molecule has 1 atom stereocenters. The van der Waals surface area contributed by atoms with E-state index in [1.807, 2.05) is 43.3 Å². The van der Waals surface area contributed by atoms with Crippen molar-refractivity contribution in [3.8, 4) is 28.0 Å². The van der Waals surface area contributed by atoms with Crippen LogP contribution in [-0.2, 0) is 14.3 Å². The summed E-state index contributed by atoms with van der Waals surface area (Å²) in [5.74, 6) is 0.539. The number of hydrogen-bond donors (Lipinski definition) is 0. The molecule has 0 spiro atoms. The maximum atomic E-state index is 12.5. The zero-order valence-electron chi connectivity index (χ0n) is 26.4. The van der Waals surface area contributed by atoms with Gasteiger partial charge >= 0.3 is 11.9 Å². The Kier molecular flexibility index (Phi) is 15.4. The monoisotopic (exact) mass is 586 g/mol. The molecular formula is C38H50O5. The summed E-state index contributed by atoms with van der Waals surface area (Å²) in [5, 5.41) is 0. The van der Waals surface area contributed by atoms with Crippen LogP contribution in [-0.4, -0.2) is 31.3 Å². The predicted octanol–water partition coefficient (Wildman–Crippen LogP) is 10.2. The van der Waals surface area contributed by atoms with Crippen LogP contribution >= 0.6 is 0 Å². The van der Waals surface area contributed by atoms with Gasteiger partial charge in [0, 0.05) is 6.42 Å². The number of carbonyl (C=O) groups is 2. The van der Waals surface area contributed by atoms with Gasteiger partial charge in [0.25, 0.3) is 0 Å². The fraction of sp³-hybridized carbons (Fsp3) is 0.474. The second-order valence-electron chi connectivity index (χ2n) is 11.3. The van der Waals surface area contributed by atoms with Crippen LogP contribution in [0.1, 0.15) is 108 Å². The van der Waals surface area contributed by atoms with Gasteiger partial charge in [-0.3, -0.25) is 4.79 Å². The van der Waals surface area contributed by atoms with Crippen molar-refractivity contribution in [3.63, 3.8) is 0 Å². The smallest absolute Gasteiger partial charge is 0.338 e. The normalized spacial score (nSPS) is 11.6. The summed E-state index contributed by atoms with van der Waals surface area (Å²) in [6.07, 6.45) is 12.0. The summed E-state index contributed by atoms with van der Waals surface area (Å²) in [6.45, 7) is 7.45. The molecule has 0 saturated heterocycles. The van der Waals surface area contributed by atoms with E-state index < -0.39 is 0 Å². The maximum Gasteiger partial charge on any atom is 0.338 e. The molecule has 0 amide bonds. The Balaban J connectivity index is 1.38. The third-order valence-corrected chi connectivity index (χ3v) is 7.60. The first kappa shape index (κ1) is 33.9. The number of hydrogen-bond acceptors (Lipinski definition) is 5. The Labute approximate surface area is 259 Å². The second kappa shape index (κ2) is 19.6. The molecule has 0 aliphatic rings. The summed E-state index contributed by atoms with van der Waals surface area (Å²) in [7, 11) is 0. The van der Waals surface area contributed by atoms with E-state index in [0.717, 1.165) is 79.4 Å². The molecule has 5 nitrogen and oxygen atoms in total. The Morgan fingerprint density at radius 2 is 1.12 bits per heavy atom. The van der Waals surface area contributed by atoms with Crippen LogP contribution in [0.2, 0.25) is 0 Å². The lowest BCUT2D eigenvalue weighted by Crippen LogP contribution is -2.15. The van der Waals surface area contributed by atoms with Crippen molar-refractivity contribution in [1.29, 1.82) is 0 Å². The van der Waals surface area contributed by atoms with Gasteiger partial charge in [0.15, 0.2) is 0 Å². The highest BCUT2D eigenvalue weighted by atomic mass is 16.5. The highest BCUT2D eigenvalue weighted by molar-refractivity contribution is 5.90. The quantitative estimate of drug-likeness (QED) is 0.0973. The molecule has 0 bridgehead atoms. The molecule has 3 aromatic rings. The van der Waals surface area contributed by atoms with Crippen LogP contribution in [0.25, 0.3) is 22.3 Å². The summed E-state index contributed by atoms with van der Waals surface area (Å²) in [4.78, 5) is 24.1. The predicted molar refractivity (Wildman–Crippen MR) is 175 cm³/mol. The van der Waals surface area contributed by atoms with Crippen molar-refractivity contribution in [2.24, 2.45) is 0 Å². The highest BCUT2D eigenvalue weighted by Gasteiger charge is 2.12. The lowest BCUT2D eigenvalue weighted by Gasteiger charge is -2.13. The molecule has 43 heavy (non-hydrogen) atoms. The van der Waals surface area contributed by atoms with Gasteiger partial charge in [0.2, 0.25) is 0 Å². The Morgan fingerprint density at radius 1 is 0.605 bits per heavy atom. The molecule has 0 saturated carbocycles. The van der Waals surface area contributed by atoms with Gasteiger partial charge in [-0.15, -0.1) is 0 Å². The molecule has 3 aromatic carbocycles. The summed E-state index contributed by atoms with van der Waals surface area (Å²) >= 11 is 0. The number of benzene rings is 3. The zero-order chi connectivity index (χ0) is 30.7. The van der Waals surface area contributed by atoms with Crippen molar-refractivity contribution >= 4 is 11.9 Å². The fourth-order valence-corrected chi connectivity index (χ4v) is 4.89. The molecule has 0 heterocycles. The van der Waals surface area contributed by atoms with Gasteiger partial charge < -0.3 is 14.2 Å². The number of ether oxygens (including phenoxy) is 3. The average Bonchev–Trinajstić information content (AvgIpc) is 3.04. The lowest BCUT2D eigenvalue weighted by molar-refractivity contribution is -0.143. The lowest BCUT2D eigenvalue weighted by atomic mass is 9.99. The molecular weight excluding hydrogens is 536 g/mol. The van der Waals surface area contributed by atoms with Gasteiger partial charge in [0.1, 0.15) is 5.75 Å². The van der Waals surface area contributed by atoms with Crippen molar-refractivity contribution < 1.29 is 23.8 Å². The SMILES string of the molecule is CCCCCC[C@H](C)OC(=O)c1ccc(-c2ccc(-c3ccc(OCCCCCCOC(=O)CCCC)cc3)cc2)cc1. The van der Waals surface area contributed by atoms with Crippen LogP contribution in [0, 0.1) is 0 Å². The number of rotatable bonds is 20. The van der Waals surface area contributed by atoms with Crippen molar-refractivity contribution in [1.82, 2.24) is 0 Å². The Hall–Kier alpha value is -3.60. The number of unbranched alkanes of at least 4 members (excludes halogenated alkanes) is 7. The first-order valence-electron chi connectivity index (χ1n) is 16.3. The molecule has 5 heteroatoms. The maximum absolute atomic E-state index is 12.5. The van der Waals surface area contributed by atoms with Crippen LogP contribution in [0.4, 0.5) is 0 Å². The second-order valence-corrected chi connectivity index (χ2v) is 11.3. The zero-order valence-corrected chi connectivity index (χ0v) is 26.4. The van der Waals surface area contributed by atoms with Gasteiger partial charge in [-0.05, 0) is 98.4 Å². The molecule has 3 rings (SSSR count). The minimum absolute atomic E-state index is 0.0624. The number of esters is 2. The third-order valence-electron chi connectivity index (χ3n) is 7.60. The van der Waals surface area contributed by atoms with E-state index in [1.54, 1.807) is 0 Å². The largest absolute Gasteiger partial charge is 0.494 e. The van der Waals surface area contributed by atoms with E-state index in [1.165, 1.54) is 19.3 Å². The van der Waals surface area contributed by atoms with Gasteiger partial charge in [-0.1, -0.05) is 88.1 Å². The van der Waals surface area contributed by atoms with E-state index in [4.69, 9.17) is 14.2 Å². The van der Waals surface area contributed by atoms with Crippen molar-refractivity contribution in [2.45, 2.75) is 104 Å². The molecule has 0 aromatic heterocycles. The van der Waals surface area contributed by atoms with E-state index in [0.29, 0.717) is 25.2 Å². The van der Waals surface area contributed by atoms with Gasteiger partial charge in [-0.25, -0.2) is 4.79 Å². The fourth-order valence-electron chi connectivity index (χ4n) is 4.89. The molecule has 232 valence electrons. The van der Waals surface area contributed by atoms with Crippen LogP contribution in [0.15, 0.2) is 72.8 Å². The summed E-state index contributed by atoms with van der Waals surface area (Å²) < 4.78 is 16.8. The molecule has 0 aliphatic carbocycles. The average molecular weight is 587 g/mol. The molecule has 0 aliphatic heterocycles. The summed E-state index contributed by atoms with van der Waals surface area (Å²) in [5.41, 5.74) is 5.02. The highest BCUT2D eigenvalue weighted by Crippen LogP contribution is 2.27.